The quantitative estimate of drug-likeness (QED) is 0.541. The molecule has 0 bridgehead atoms. The molecule has 2 amide bonds. The fraction of sp³-hybridized carbons (Fsp3) is 0.500. The maximum Gasteiger partial charge on any atom is 0.406 e. The summed E-state index contributed by atoms with van der Waals surface area (Å²) in [6.07, 6.45) is -3.11. The normalized spacial score (nSPS) is 28.6. The highest BCUT2D eigenvalue weighted by Crippen LogP contribution is 2.40. The molecule has 25 heavy (non-hydrogen) atoms. The van der Waals surface area contributed by atoms with Gasteiger partial charge in [0.25, 0.3) is 0 Å². The fourth-order valence-corrected chi connectivity index (χ4v) is 4.28. The van der Waals surface area contributed by atoms with Gasteiger partial charge >= 0.3 is 12.1 Å². The molecule has 2 atom stereocenters. The number of carboxylic acid groups (broad SMARTS) is 1. The van der Waals surface area contributed by atoms with Crippen molar-refractivity contribution in [3.63, 3.8) is 0 Å². The smallest absolute Gasteiger partial charge is 0.406 e. The third-order valence-corrected chi connectivity index (χ3v) is 5.50. The lowest BCUT2D eigenvalue weighted by molar-refractivity contribution is -0.156. The second-order valence-corrected chi connectivity index (χ2v) is 6.98. The number of carboxylic acids is 1. The van der Waals surface area contributed by atoms with Gasteiger partial charge in [-0.3, -0.25) is 14.5 Å². The Morgan fingerprint density at radius 3 is 2.68 bits per heavy atom. The van der Waals surface area contributed by atoms with E-state index in [-0.39, 0.29) is 35.6 Å². The van der Waals surface area contributed by atoms with Gasteiger partial charge in [-0.2, -0.15) is 13.2 Å². The lowest BCUT2D eigenvalue weighted by atomic mass is 10.0. The molecule has 3 heterocycles. The first kappa shape index (κ1) is 17.8. The van der Waals surface area contributed by atoms with Gasteiger partial charge in [-0.05, 0) is 18.1 Å². The highest BCUT2D eigenvalue weighted by atomic mass is 32.2. The zero-order valence-corrected chi connectivity index (χ0v) is 13.6. The van der Waals surface area contributed by atoms with Crippen LogP contribution in [0.2, 0.25) is 0 Å². The van der Waals surface area contributed by atoms with Crippen molar-refractivity contribution < 1.29 is 32.7 Å². The summed E-state index contributed by atoms with van der Waals surface area (Å²) in [5.41, 5.74) is 5.71. The molecule has 3 rings (SSSR count). The van der Waals surface area contributed by atoms with Gasteiger partial charge in [-0.25, -0.2) is 4.79 Å². The van der Waals surface area contributed by atoms with Crippen molar-refractivity contribution in [2.45, 2.75) is 24.0 Å². The molecule has 3 aliphatic rings. The Morgan fingerprint density at radius 2 is 2.08 bits per heavy atom. The van der Waals surface area contributed by atoms with E-state index in [4.69, 9.17) is 5.73 Å². The molecule has 11 heteroatoms. The van der Waals surface area contributed by atoms with E-state index in [0.29, 0.717) is 4.90 Å². The minimum Gasteiger partial charge on any atom is -0.477 e. The van der Waals surface area contributed by atoms with Crippen molar-refractivity contribution in [2.75, 3.05) is 18.8 Å². The number of aliphatic carboxylic acids is 1. The number of amides is 2. The fourth-order valence-electron chi connectivity index (χ4n) is 3.03. The first-order valence-corrected chi connectivity index (χ1v) is 8.38. The van der Waals surface area contributed by atoms with Crippen molar-refractivity contribution in [3.8, 4) is 0 Å². The van der Waals surface area contributed by atoms with Crippen LogP contribution in [-0.2, 0) is 14.4 Å². The first-order chi connectivity index (χ1) is 11.6. The summed E-state index contributed by atoms with van der Waals surface area (Å²) in [4.78, 5) is 37.2. The molecule has 2 fully saturated rings. The van der Waals surface area contributed by atoms with Crippen LogP contribution in [0.25, 0.3) is 0 Å². The SMILES string of the molecule is N[C@@H]1C(=O)N2C(C(=O)O)=C(/C=C3\CCN(CC(F)(F)F)C3=O)CS[C@H]12. The maximum absolute atomic E-state index is 12.5. The standard InChI is InChI=1S/C14H14F3N3O4S/c15-14(16,17)5-19-2-1-6(10(19)21)3-7-4-25-12-8(18)11(22)20(12)9(7)13(23)24/h3,8,12H,1-2,4-5,18H2,(H,23,24)/b6-3+/t8-,12-/m1/s1. The highest BCUT2D eigenvalue weighted by Gasteiger charge is 2.51. The van der Waals surface area contributed by atoms with E-state index in [1.54, 1.807) is 0 Å². The number of nitrogens with zero attached hydrogens (tertiary/aromatic N) is 2. The number of halogens is 3. The number of hydrogen-bond donors (Lipinski definition) is 2. The van der Waals surface area contributed by atoms with E-state index in [0.717, 1.165) is 4.90 Å². The maximum atomic E-state index is 12.5. The molecule has 7 nitrogen and oxygen atoms in total. The van der Waals surface area contributed by atoms with Crippen LogP contribution in [0.5, 0.6) is 0 Å². The van der Waals surface area contributed by atoms with Crippen molar-refractivity contribution in [1.29, 1.82) is 0 Å². The summed E-state index contributed by atoms with van der Waals surface area (Å²) < 4.78 is 37.4. The Hall–Kier alpha value is -2.01. The lowest BCUT2D eigenvalue weighted by Crippen LogP contribution is -2.68. The van der Waals surface area contributed by atoms with Crippen LogP contribution in [0.15, 0.2) is 22.9 Å². The molecule has 0 aliphatic carbocycles. The van der Waals surface area contributed by atoms with Crippen molar-refractivity contribution in [3.05, 3.63) is 22.9 Å². The monoisotopic (exact) mass is 377 g/mol. The van der Waals surface area contributed by atoms with Crippen molar-refractivity contribution in [2.24, 2.45) is 5.73 Å². The molecule has 0 aromatic rings. The number of carbonyl (C=O) groups excluding carboxylic acids is 2. The Bertz CT molecular complexity index is 719. The second-order valence-electron chi connectivity index (χ2n) is 5.88. The number of thioether (sulfide) groups is 1. The van der Waals surface area contributed by atoms with Gasteiger partial charge in [0.05, 0.1) is 0 Å². The average molecular weight is 377 g/mol. The zero-order valence-electron chi connectivity index (χ0n) is 12.7. The molecule has 0 radical (unpaired) electrons. The number of fused-ring (bicyclic) bond motifs is 1. The molecule has 3 aliphatic heterocycles. The van der Waals surface area contributed by atoms with Gasteiger partial charge in [0.1, 0.15) is 23.7 Å². The van der Waals surface area contributed by atoms with Gasteiger partial charge in [0.2, 0.25) is 11.8 Å². The summed E-state index contributed by atoms with van der Waals surface area (Å²) in [5, 5.41) is 8.93. The molecule has 2 saturated heterocycles. The number of nitrogens with two attached hydrogens (primary N) is 1. The van der Waals surface area contributed by atoms with Crippen LogP contribution < -0.4 is 5.73 Å². The minimum atomic E-state index is -4.50. The highest BCUT2D eigenvalue weighted by molar-refractivity contribution is 8.00. The number of alkyl halides is 3. The topological polar surface area (TPSA) is 104 Å². The Morgan fingerprint density at radius 1 is 1.40 bits per heavy atom. The van der Waals surface area contributed by atoms with Gasteiger partial charge in [0, 0.05) is 17.9 Å². The minimum absolute atomic E-state index is 0.0802. The van der Waals surface area contributed by atoms with E-state index in [2.05, 4.69) is 0 Å². The Labute approximate surface area is 144 Å². The van der Waals surface area contributed by atoms with E-state index in [9.17, 15) is 32.7 Å². The molecule has 0 saturated carbocycles. The van der Waals surface area contributed by atoms with Crippen molar-refractivity contribution in [1.82, 2.24) is 9.80 Å². The first-order valence-electron chi connectivity index (χ1n) is 7.33. The third-order valence-electron chi connectivity index (χ3n) is 4.17. The zero-order chi connectivity index (χ0) is 18.5. The number of hydrogen-bond acceptors (Lipinski definition) is 5. The second kappa shape index (κ2) is 6.06. The predicted octanol–water partition coefficient (Wildman–Crippen LogP) is 0.288. The van der Waals surface area contributed by atoms with Crippen LogP contribution in [0.1, 0.15) is 6.42 Å². The Balaban J connectivity index is 1.88. The number of likely N-dealkylation sites (tertiary alicyclic amines) is 1. The third kappa shape index (κ3) is 3.13. The summed E-state index contributed by atoms with van der Waals surface area (Å²) in [6.45, 7) is -1.42. The largest absolute Gasteiger partial charge is 0.477 e. The van der Waals surface area contributed by atoms with E-state index < -0.39 is 41.9 Å². The number of β-lactam (4-membered cyclic amide) rings is 1. The van der Waals surface area contributed by atoms with Gasteiger partial charge in [-0.1, -0.05) is 0 Å². The Kier molecular flexibility index (Phi) is 4.31. The van der Waals surface area contributed by atoms with Crippen molar-refractivity contribution >= 4 is 29.5 Å². The van der Waals surface area contributed by atoms with Crippen LogP contribution in [0.3, 0.4) is 0 Å². The average Bonchev–Trinajstić information content (AvgIpc) is 2.84. The molecular weight excluding hydrogens is 363 g/mol. The van der Waals surface area contributed by atoms with E-state index in [1.165, 1.54) is 17.8 Å². The number of rotatable bonds is 3. The molecule has 0 spiro atoms. The summed E-state index contributed by atoms with van der Waals surface area (Å²) in [7, 11) is 0. The van der Waals surface area contributed by atoms with Crippen LogP contribution >= 0.6 is 11.8 Å². The van der Waals surface area contributed by atoms with Gasteiger partial charge in [0.15, 0.2) is 0 Å². The van der Waals surface area contributed by atoms with E-state index >= 15 is 0 Å². The van der Waals surface area contributed by atoms with Crippen LogP contribution in [0.4, 0.5) is 13.2 Å². The molecule has 136 valence electrons. The molecule has 0 aromatic heterocycles. The van der Waals surface area contributed by atoms with Gasteiger partial charge in [-0.15, -0.1) is 11.8 Å². The molecule has 0 aromatic carbocycles. The summed E-state index contributed by atoms with van der Waals surface area (Å²) in [5.74, 6) is -2.43. The molecule has 3 N–H and O–H groups in total. The summed E-state index contributed by atoms with van der Waals surface area (Å²) >= 11 is 1.26. The predicted molar refractivity (Wildman–Crippen MR) is 81.1 cm³/mol. The number of allylic oxidation sites excluding steroid dienone is 1. The summed E-state index contributed by atoms with van der Waals surface area (Å²) in [6, 6.07) is -0.774. The molecular formula is C14H14F3N3O4S. The van der Waals surface area contributed by atoms with Crippen LogP contribution in [0, 0.1) is 0 Å². The van der Waals surface area contributed by atoms with Gasteiger partial charge < -0.3 is 15.7 Å². The van der Waals surface area contributed by atoms with Crippen LogP contribution in [-0.4, -0.2) is 69.1 Å². The van der Waals surface area contributed by atoms with E-state index in [1.807, 2.05) is 0 Å². The lowest BCUT2D eigenvalue weighted by Gasteiger charge is -2.47. The molecule has 0 unspecified atom stereocenters. The number of carbonyl (C=O) groups is 3.